The third-order valence-electron chi connectivity index (χ3n) is 4.33. The highest BCUT2D eigenvalue weighted by Gasteiger charge is 2.26. The molecule has 0 spiro atoms. The summed E-state index contributed by atoms with van der Waals surface area (Å²) in [7, 11) is 0. The molecule has 0 amide bonds. The van der Waals surface area contributed by atoms with Gasteiger partial charge in [-0.15, -0.1) is 0 Å². The Bertz CT molecular complexity index is 583. The zero-order valence-electron chi connectivity index (χ0n) is 11.0. The lowest BCUT2D eigenvalue weighted by molar-refractivity contribution is 0.490. The van der Waals surface area contributed by atoms with Gasteiger partial charge in [0.15, 0.2) is 0 Å². The Kier molecular flexibility index (Phi) is 2.66. The molecule has 0 radical (unpaired) electrons. The summed E-state index contributed by atoms with van der Waals surface area (Å²) >= 11 is 0. The van der Waals surface area contributed by atoms with Gasteiger partial charge in [0, 0.05) is 31.2 Å². The lowest BCUT2D eigenvalue weighted by Crippen LogP contribution is -2.24. The van der Waals surface area contributed by atoms with Crippen LogP contribution in [0.25, 0.3) is 0 Å². The predicted molar refractivity (Wildman–Crippen MR) is 75.0 cm³/mol. The van der Waals surface area contributed by atoms with Crippen LogP contribution >= 0.6 is 0 Å². The topological polar surface area (TPSA) is 29.9 Å². The van der Waals surface area contributed by atoms with Crippen molar-refractivity contribution in [3.63, 3.8) is 0 Å². The van der Waals surface area contributed by atoms with Crippen LogP contribution in [0.1, 0.15) is 35.6 Å². The molecule has 98 valence electrons. The molecule has 1 saturated carbocycles. The second-order valence-electron chi connectivity index (χ2n) is 5.79. The third kappa shape index (κ3) is 2.19. The summed E-state index contributed by atoms with van der Waals surface area (Å²) in [4.78, 5) is 4.31. The maximum Gasteiger partial charge on any atom is 0.0948 e. The molecule has 1 aromatic carbocycles. The summed E-state index contributed by atoms with van der Waals surface area (Å²) in [5.74, 6) is 0.671. The summed E-state index contributed by atoms with van der Waals surface area (Å²) < 4.78 is 2.32. The van der Waals surface area contributed by atoms with Crippen molar-refractivity contribution in [1.29, 1.82) is 0 Å². The average molecular weight is 253 g/mol. The van der Waals surface area contributed by atoms with Crippen LogP contribution in [0.3, 0.4) is 0 Å². The van der Waals surface area contributed by atoms with Crippen LogP contribution < -0.4 is 5.32 Å². The average Bonchev–Trinajstić information content (AvgIpc) is 3.13. The van der Waals surface area contributed by atoms with E-state index in [0.29, 0.717) is 5.92 Å². The van der Waals surface area contributed by atoms with Gasteiger partial charge in [-0.2, -0.15) is 0 Å². The molecule has 0 aliphatic heterocycles. The number of fused-ring (bicyclic) bond motifs is 1. The number of aromatic nitrogens is 2. The van der Waals surface area contributed by atoms with E-state index in [-0.39, 0.29) is 0 Å². The maximum atomic E-state index is 4.31. The summed E-state index contributed by atoms with van der Waals surface area (Å²) in [5, 5.41) is 3.57. The number of benzene rings is 1. The molecule has 1 fully saturated rings. The first-order valence-electron chi connectivity index (χ1n) is 7.20. The smallest absolute Gasteiger partial charge is 0.0948 e. The van der Waals surface area contributed by atoms with Crippen molar-refractivity contribution >= 4 is 0 Å². The molecule has 1 heterocycles. The van der Waals surface area contributed by atoms with Crippen LogP contribution in [0.4, 0.5) is 0 Å². The predicted octanol–water partition coefficient (Wildman–Crippen LogP) is 2.48. The minimum absolute atomic E-state index is 0.671. The van der Waals surface area contributed by atoms with E-state index >= 15 is 0 Å². The van der Waals surface area contributed by atoms with Gasteiger partial charge in [-0.25, -0.2) is 4.98 Å². The molecule has 1 N–H and O–H groups in total. The molecule has 1 unspecified atom stereocenters. The fourth-order valence-electron chi connectivity index (χ4n) is 2.96. The lowest BCUT2D eigenvalue weighted by atomic mass is 9.77. The van der Waals surface area contributed by atoms with E-state index in [2.05, 4.69) is 39.1 Å². The van der Waals surface area contributed by atoms with Gasteiger partial charge in [-0.1, -0.05) is 24.3 Å². The number of imidazole rings is 1. The fraction of sp³-hybridized carbons (Fsp3) is 0.438. The number of nitrogens with zero attached hydrogens (tertiary/aromatic N) is 2. The molecule has 2 aliphatic carbocycles. The van der Waals surface area contributed by atoms with Crippen molar-refractivity contribution in [3.8, 4) is 0 Å². The molecular weight excluding hydrogens is 234 g/mol. The first-order valence-corrected chi connectivity index (χ1v) is 7.20. The largest absolute Gasteiger partial charge is 0.333 e. The van der Waals surface area contributed by atoms with Crippen molar-refractivity contribution < 1.29 is 0 Å². The van der Waals surface area contributed by atoms with Crippen LogP contribution in [0, 0.1) is 0 Å². The molecule has 3 nitrogen and oxygen atoms in total. The zero-order valence-corrected chi connectivity index (χ0v) is 11.0. The van der Waals surface area contributed by atoms with Crippen LogP contribution in [0.2, 0.25) is 0 Å². The molecule has 0 bridgehead atoms. The quantitative estimate of drug-likeness (QED) is 0.887. The molecule has 2 aromatic rings. The Morgan fingerprint density at radius 3 is 3.00 bits per heavy atom. The minimum Gasteiger partial charge on any atom is -0.333 e. The second kappa shape index (κ2) is 4.49. The zero-order chi connectivity index (χ0) is 12.7. The minimum atomic E-state index is 0.671. The Morgan fingerprint density at radius 1 is 1.26 bits per heavy atom. The van der Waals surface area contributed by atoms with E-state index in [9.17, 15) is 0 Å². The fourth-order valence-corrected chi connectivity index (χ4v) is 2.96. The SMILES string of the molecule is c1ccc2c(c1)CC2Cn1cncc1CNC1CC1. The van der Waals surface area contributed by atoms with Crippen molar-refractivity contribution in [2.45, 2.75) is 44.3 Å². The second-order valence-corrected chi connectivity index (χ2v) is 5.79. The van der Waals surface area contributed by atoms with Crippen molar-refractivity contribution in [2.24, 2.45) is 0 Å². The Hall–Kier alpha value is -1.61. The molecule has 1 atom stereocenters. The molecule has 1 aromatic heterocycles. The van der Waals surface area contributed by atoms with Gasteiger partial charge in [0.25, 0.3) is 0 Å². The third-order valence-corrected chi connectivity index (χ3v) is 4.33. The van der Waals surface area contributed by atoms with Crippen molar-refractivity contribution in [2.75, 3.05) is 0 Å². The van der Waals surface area contributed by atoms with E-state index in [1.165, 1.54) is 36.1 Å². The van der Waals surface area contributed by atoms with Crippen molar-refractivity contribution in [3.05, 3.63) is 53.6 Å². The van der Waals surface area contributed by atoms with Crippen LogP contribution in [-0.4, -0.2) is 15.6 Å². The molecule has 3 heteroatoms. The summed E-state index contributed by atoms with van der Waals surface area (Å²) in [5.41, 5.74) is 4.36. The van der Waals surface area contributed by atoms with Gasteiger partial charge in [0.2, 0.25) is 0 Å². The number of nitrogens with one attached hydrogen (secondary N) is 1. The Morgan fingerprint density at radius 2 is 2.16 bits per heavy atom. The van der Waals surface area contributed by atoms with Gasteiger partial charge in [0.05, 0.1) is 12.0 Å². The van der Waals surface area contributed by atoms with Crippen LogP contribution in [0.15, 0.2) is 36.8 Å². The molecule has 0 saturated heterocycles. The Balaban J connectivity index is 1.44. The normalized spacial score (nSPS) is 20.9. The Labute approximate surface area is 113 Å². The first-order chi connectivity index (χ1) is 9.40. The van der Waals surface area contributed by atoms with Gasteiger partial charge in [-0.3, -0.25) is 0 Å². The van der Waals surface area contributed by atoms with E-state index in [1.54, 1.807) is 0 Å². The van der Waals surface area contributed by atoms with Crippen molar-refractivity contribution in [1.82, 2.24) is 14.9 Å². The standard InChI is InChI=1S/C16H19N3/c1-2-4-16-12(3-1)7-13(16)10-19-11-17-8-15(19)9-18-14-5-6-14/h1-4,8,11,13-14,18H,5-7,9-10H2. The summed E-state index contributed by atoms with van der Waals surface area (Å²) in [6.45, 7) is 2.03. The number of hydrogen-bond acceptors (Lipinski definition) is 2. The molecule has 19 heavy (non-hydrogen) atoms. The van der Waals surface area contributed by atoms with Gasteiger partial charge in [-0.05, 0) is 30.4 Å². The van der Waals surface area contributed by atoms with Crippen LogP contribution in [-0.2, 0) is 19.5 Å². The molecule has 2 aliphatic rings. The van der Waals surface area contributed by atoms with Gasteiger partial charge in [0.1, 0.15) is 0 Å². The maximum absolute atomic E-state index is 4.31. The first kappa shape index (κ1) is 11.2. The molecule has 4 rings (SSSR count). The lowest BCUT2D eigenvalue weighted by Gasteiger charge is -2.30. The van der Waals surface area contributed by atoms with Gasteiger partial charge < -0.3 is 9.88 Å². The monoisotopic (exact) mass is 253 g/mol. The highest BCUT2D eigenvalue weighted by Crippen LogP contribution is 2.36. The summed E-state index contributed by atoms with van der Waals surface area (Å²) in [6.07, 6.45) is 7.86. The number of rotatable bonds is 5. The highest BCUT2D eigenvalue weighted by molar-refractivity contribution is 5.39. The molecular formula is C16H19N3. The summed E-state index contributed by atoms with van der Waals surface area (Å²) in [6, 6.07) is 9.55. The van der Waals surface area contributed by atoms with E-state index in [0.717, 1.165) is 19.1 Å². The van der Waals surface area contributed by atoms with Crippen LogP contribution in [0.5, 0.6) is 0 Å². The highest BCUT2D eigenvalue weighted by atomic mass is 15.1. The van der Waals surface area contributed by atoms with Gasteiger partial charge >= 0.3 is 0 Å². The number of hydrogen-bond donors (Lipinski definition) is 1. The van der Waals surface area contributed by atoms with E-state index in [1.807, 2.05) is 12.5 Å². The van der Waals surface area contributed by atoms with E-state index < -0.39 is 0 Å². The van der Waals surface area contributed by atoms with E-state index in [4.69, 9.17) is 0 Å².